The van der Waals surface area contributed by atoms with Gasteiger partial charge in [-0.3, -0.25) is 19.7 Å². The molecule has 0 heterocycles. The van der Waals surface area contributed by atoms with Crippen molar-refractivity contribution in [1.82, 2.24) is 0 Å². The second-order valence-corrected chi connectivity index (χ2v) is 5.75. The van der Waals surface area contributed by atoms with Crippen molar-refractivity contribution in [3.63, 3.8) is 0 Å². The van der Waals surface area contributed by atoms with Crippen LogP contribution in [0.3, 0.4) is 0 Å². The van der Waals surface area contributed by atoms with Crippen molar-refractivity contribution >= 4 is 46.5 Å². The monoisotopic (exact) mass is 382 g/mol. The normalized spacial score (nSPS) is 10.2. The van der Waals surface area contributed by atoms with Crippen LogP contribution in [0.5, 0.6) is 0 Å². The standard InChI is InChI=1S/C16H12Cl2N2O5/c17-13-6-1-10(7-14(13)18)8-16(22)25-9-15(21)19-11-2-4-12(5-3-11)20(23)24/h1-7H,8-9H2,(H,19,21). The molecule has 2 aromatic rings. The molecule has 0 aliphatic carbocycles. The van der Waals surface area contributed by atoms with Gasteiger partial charge in [-0.15, -0.1) is 0 Å². The number of hydrogen-bond donors (Lipinski definition) is 1. The van der Waals surface area contributed by atoms with Crippen LogP contribution in [-0.4, -0.2) is 23.4 Å². The third-order valence-corrected chi connectivity index (χ3v) is 3.80. The molecule has 0 aromatic heterocycles. The summed E-state index contributed by atoms with van der Waals surface area (Å²) in [6.07, 6.45) is -0.0539. The van der Waals surface area contributed by atoms with Gasteiger partial charge >= 0.3 is 5.97 Å². The molecule has 0 aliphatic heterocycles. The van der Waals surface area contributed by atoms with E-state index in [0.29, 0.717) is 21.3 Å². The predicted molar refractivity (Wildman–Crippen MR) is 92.9 cm³/mol. The minimum absolute atomic E-state index is 0.0539. The highest BCUT2D eigenvalue weighted by Crippen LogP contribution is 2.22. The first-order valence-electron chi connectivity index (χ1n) is 6.99. The molecule has 7 nitrogen and oxygen atoms in total. The fourth-order valence-corrected chi connectivity index (χ4v) is 2.20. The van der Waals surface area contributed by atoms with Crippen molar-refractivity contribution in [2.75, 3.05) is 11.9 Å². The third-order valence-electron chi connectivity index (χ3n) is 3.06. The Bertz CT molecular complexity index is 809. The average molecular weight is 383 g/mol. The lowest BCUT2D eigenvalue weighted by atomic mass is 10.1. The molecular formula is C16H12Cl2N2O5. The number of non-ortho nitro benzene ring substituents is 1. The number of nitro benzene ring substituents is 1. The number of nitro groups is 1. The molecule has 0 saturated heterocycles. The molecule has 2 aromatic carbocycles. The number of hydrogen-bond acceptors (Lipinski definition) is 5. The van der Waals surface area contributed by atoms with E-state index in [0.717, 1.165) is 0 Å². The van der Waals surface area contributed by atoms with E-state index in [1.54, 1.807) is 18.2 Å². The summed E-state index contributed by atoms with van der Waals surface area (Å²) in [6, 6.07) is 10.0. The summed E-state index contributed by atoms with van der Waals surface area (Å²) in [5.74, 6) is -1.16. The summed E-state index contributed by atoms with van der Waals surface area (Å²) < 4.78 is 4.88. The van der Waals surface area contributed by atoms with Crippen LogP contribution in [0.4, 0.5) is 11.4 Å². The highest BCUT2D eigenvalue weighted by molar-refractivity contribution is 6.42. The topological polar surface area (TPSA) is 98.5 Å². The molecule has 0 spiro atoms. The van der Waals surface area contributed by atoms with E-state index >= 15 is 0 Å². The summed E-state index contributed by atoms with van der Waals surface area (Å²) in [5.41, 5.74) is 0.873. The largest absolute Gasteiger partial charge is 0.455 e. The first-order valence-corrected chi connectivity index (χ1v) is 7.74. The Balaban J connectivity index is 1.81. The van der Waals surface area contributed by atoms with E-state index in [2.05, 4.69) is 5.32 Å². The van der Waals surface area contributed by atoms with Gasteiger partial charge in [0.25, 0.3) is 11.6 Å². The fraction of sp³-hybridized carbons (Fsp3) is 0.125. The molecule has 0 radical (unpaired) electrons. The molecule has 9 heteroatoms. The van der Waals surface area contributed by atoms with Gasteiger partial charge in [0.15, 0.2) is 6.61 Å². The quantitative estimate of drug-likeness (QED) is 0.467. The van der Waals surface area contributed by atoms with Gasteiger partial charge in [0, 0.05) is 17.8 Å². The first kappa shape index (κ1) is 18.7. The highest BCUT2D eigenvalue weighted by Gasteiger charge is 2.11. The minimum atomic E-state index is -0.600. The van der Waals surface area contributed by atoms with E-state index in [9.17, 15) is 19.7 Å². The van der Waals surface area contributed by atoms with Gasteiger partial charge in [-0.2, -0.15) is 0 Å². The van der Waals surface area contributed by atoms with Crippen LogP contribution in [0.15, 0.2) is 42.5 Å². The van der Waals surface area contributed by atoms with Crippen LogP contribution in [-0.2, 0) is 20.7 Å². The van der Waals surface area contributed by atoms with Gasteiger partial charge in [-0.05, 0) is 29.8 Å². The maximum atomic E-state index is 11.7. The van der Waals surface area contributed by atoms with Gasteiger partial charge < -0.3 is 10.1 Å². The predicted octanol–water partition coefficient (Wildman–Crippen LogP) is 3.63. The van der Waals surface area contributed by atoms with E-state index in [1.807, 2.05) is 0 Å². The number of anilines is 1. The zero-order valence-corrected chi connectivity index (χ0v) is 14.2. The summed E-state index contributed by atoms with van der Waals surface area (Å²) >= 11 is 11.6. The number of benzene rings is 2. The minimum Gasteiger partial charge on any atom is -0.455 e. The second kappa shape index (κ2) is 8.46. The molecule has 1 amide bonds. The molecule has 25 heavy (non-hydrogen) atoms. The molecule has 0 fully saturated rings. The number of nitrogens with one attached hydrogen (secondary N) is 1. The van der Waals surface area contributed by atoms with Gasteiger partial charge in [-0.25, -0.2) is 0 Å². The number of ether oxygens (including phenoxy) is 1. The maximum absolute atomic E-state index is 11.7. The van der Waals surface area contributed by atoms with Gasteiger partial charge in [0.05, 0.1) is 21.4 Å². The molecule has 130 valence electrons. The summed E-state index contributed by atoms with van der Waals surface area (Å²) in [6.45, 7) is -0.475. The number of esters is 1. The van der Waals surface area contributed by atoms with Crippen LogP contribution >= 0.6 is 23.2 Å². The number of carbonyl (C=O) groups excluding carboxylic acids is 2. The highest BCUT2D eigenvalue weighted by atomic mass is 35.5. The Morgan fingerprint density at radius 2 is 1.76 bits per heavy atom. The Kier molecular flexibility index (Phi) is 6.32. The Morgan fingerprint density at radius 1 is 1.08 bits per heavy atom. The zero-order valence-electron chi connectivity index (χ0n) is 12.7. The summed E-state index contributed by atoms with van der Waals surface area (Å²) in [4.78, 5) is 33.5. The van der Waals surface area contributed by atoms with E-state index in [-0.39, 0.29) is 12.1 Å². The van der Waals surface area contributed by atoms with Crippen LogP contribution in [0.2, 0.25) is 10.0 Å². The molecule has 0 atom stereocenters. The van der Waals surface area contributed by atoms with Crippen molar-refractivity contribution in [2.45, 2.75) is 6.42 Å². The lowest BCUT2D eigenvalue weighted by Crippen LogP contribution is -2.21. The molecule has 0 unspecified atom stereocenters. The van der Waals surface area contributed by atoms with Crippen molar-refractivity contribution in [1.29, 1.82) is 0 Å². The Morgan fingerprint density at radius 3 is 2.36 bits per heavy atom. The van der Waals surface area contributed by atoms with Crippen LogP contribution in [0.25, 0.3) is 0 Å². The van der Waals surface area contributed by atoms with Crippen molar-refractivity contribution in [2.24, 2.45) is 0 Å². The van der Waals surface area contributed by atoms with Gasteiger partial charge in [-0.1, -0.05) is 29.3 Å². The van der Waals surface area contributed by atoms with Gasteiger partial charge in [0.2, 0.25) is 0 Å². The van der Waals surface area contributed by atoms with Crippen LogP contribution < -0.4 is 5.32 Å². The van der Waals surface area contributed by atoms with E-state index in [4.69, 9.17) is 27.9 Å². The third kappa shape index (κ3) is 5.74. The second-order valence-electron chi connectivity index (χ2n) is 4.94. The van der Waals surface area contributed by atoms with Crippen LogP contribution in [0.1, 0.15) is 5.56 Å². The first-order chi connectivity index (χ1) is 11.8. The average Bonchev–Trinajstić information content (AvgIpc) is 2.57. The number of nitrogens with zero attached hydrogens (tertiary/aromatic N) is 1. The van der Waals surface area contributed by atoms with Crippen molar-refractivity contribution < 1.29 is 19.2 Å². The van der Waals surface area contributed by atoms with Crippen molar-refractivity contribution in [3.05, 3.63) is 68.2 Å². The molecule has 1 N–H and O–H groups in total. The Hall–Kier alpha value is -2.64. The van der Waals surface area contributed by atoms with Crippen LogP contribution in [0, 0.1) is 10.1 Å². The van der Waals surface area contributed by atoms with Gasteiger partial charge in [0.1, 0.15) is 0 Å². The summed E-state index contributed by atoms with van der Waals surface area (Å²) in [7, 11) is 0. The molecule has 0 saturated carbocycles. The molecule has 2 rings (SSSR count). The number of carbonyl (C=O) groups is 2. The number of halogens is 2. The lowest BCUT2D eigenvalue weighted by Gasteiger charge is -2.07. The fourth-order valence-electron chi connectivity index (χ4n) is 1.88. The summed E-state index contributed by atoms with van der Waals surface area (Å²) in [5, 5.41) is 13.7. The van der Waals surface area contributed by atoms with E-state index in [1.165, 1.54) is 24.3 Å². The van der Waals surface area contributed by atoms with E-state index < -0.39 is 23.4 Å². The molecular weight excluding hydrogens is 371 g/mol. The lowest BCUT2D eigenvalue weighted by molar-refractivity contribution is -0.384. The number of amides is 1. The smallest absolute Gasteiger partial charge is 0.310 e. The molecule has 0 bridgehead atoms. The Labute approximate surface area is 152 Å². The molecule has 0 aliphatic rings. The SMILES string of the molecule is O=C(COC(=O)Cc1ccc(Cl)c(Cl)c1)Nc1ccc([N+](=O)[O-])cc1. The number of rotatable bonds is 6. The van der Waals surface area contributed by atoms with Crippen molar-refractivity contribution in [3.8, 4) is 0 Å². The maximum Gasteiger partial charge on any atom is 0.310 e. The zero-order chi connectivity index (χ0) is 18.4.